The van der Waals surface area contributed by atoms with E-state index in [1.807, 2.05) is 36.4 Å². The minimum absolute atomic E-state index is 0.153. The van der Waals surface area contributed by atoms with E-state index < -0.39 is 11.3 Å². The van der Waals surface area contributed by atoms with Gasteiger partial charge in [0.2, 0.25) is 11.8 Å². The molecule has 0 atom stereocenters. The Morgan fingerprint density at radius 1 is 1.08 bits per heavy atom. The van der Waals surface area contributed by atoms with Crippen molar-refractivity contribution in [3.8, 4) is 0 Å². The minimum Gasteiger partial charge on any atom is -0.369 e. The van der Waals surface area contributed by atoms with E-state index in [9.17, 15) is 14.4 Å². The number of rotatable bonds is 7. The van der Waals surface area contributed by atoms with Crippen molar-refractivity contribution in [1.29, 1.82) is 0 Å². The molecule has 0 aliphatic carbocycles. The molecule has 0 saturated carbocycles. The molecule has 1 aromatic heterocycles. The second-order valence-corrected chi connectivity index (χ2v) is 9.56. The molecule has 4 N–H and O–H groups in total. The Hall–Kier alpha value is -3.91. The van der Waals surface area contributed by atoms with E-state index in [1.165, 1.54) is 19.3 Å². The molecule has 0 bridgehead atoms. The Labute approximate surface area is 214 Å². The SMILES string of the molecule is CNC(=O)c1cc(Cl)ncc1NC(=O)C1(c2ccccc2C(C)C)CN(c2ccc(C(N)=O)cc2)C1. The number of hydrogen-bond donors (Lipinski definition) is 3. The van der Waals surface area contributed by atoms with Crippen LogP contribution < -0.4 is 21.3 Å². The number of benzene rings is 2. The lowest BCUT2D eigenvalue weighted by Crippen LogP contribution is -2.65. The third-order valence-electron chi connectivity index (χ3n) is 6.56. The number of pyridine rings is 1. The highest BCUT2D eigenvalue weighted by Crippen LogP contribution is 2.42. The van der Waals surface area contributed by atoms with E-state index in [2.05, 4.69) is 34.4 Å². The standard InChI is InChI=1S/C27H28ClN5O3/c1-16(2)19-6-4-5-7-21(19)27(14-33(15-27)18-10-8-17(9-11-18)24(29)34)26(36)32-22-13-31-23(28)12-20(22)25(35)30-3/h4-13,16H,14-15H2,1-3H3,(H2,29,34)(H,30,35)(H,32,36). The van der Waals surface area contributed by atoms with Crippen LogP contribution in [0.3, 0.4) is 0 Å². The number of halogens is 1. The van der Waals surface area contributed by atoms with Crippen molar-refractivity contribution in [3.05, 3.63) is 88.2 Å². The predicted octanol–water partition coefficient (Wildman–Crippen LogP) is 3.71. The summed E-state index contributed by atoms with van der Waals surface area (Å²) in [4.78, 5) is 44.0. The zero-order valence-corrected chi connectivity index (χ0v) is 21.1. The van der Waals surface area contributed by atoms with Crippen LogP contribution in [0, 0.1) is 0 Å². The summed E-state index contributed by atoms with van der Waals surface area (Å²) in [7, 11) is 1.51. The summed E-state index contributed by atoms with van der Waals surface area (Å²) < 4.78 is 0. The first kappa shape index (κ1) is 25.2. The lowest BCUT2D eigenvalue weighted by molar-refractivity contribution is -0.122. The molecule has 2 heterocycles. The van der Waals surface area contributed by atoms with E-state index in [1.54, 1.807) is 12.1 Å². The molecule has 0 spiro atoms. The highest BCUT2D eigenvalue weighted by atomic mass is 35.5. The van der Waals surface area contributed by atoms with Gasteiger partial charge in [0.05, 0.1) is 17.4 Å². The summed E-state index contributed by atoms with van der Waals surface area (Å²) in [6.45, 7) is 5.01. The monoisotopic (exact) mass is 505 g/mol. The number of aromatic nitrogens is 1. The van der Waals surface area contributed by atoms with Crippen LogP contribution in [0.1, 0.15) is 51.6 Å². The molecule has 36 heavy (non-hydrogen) atoms. The topological polar surface area (TPSA) is 117 Å². The predicted molar refractivity (Wildman–Crippen MR) is 141 cm³/mol. The van der Waals surface area contributed by atoms with Gasteiger partial charge in [-0.25, -0.2) is 4.98 Å². The number of nitrogens with two attached hydrogens (primary N) is 1. The molecule has 3 aromatic rings. The Morgan fingerprint density at radius 2 is 1.75 bits per heavy atom. The summed E-state index contributed by atoms with van der Waals surface area (Å²) in [5.41, 5.74) is 8.33. The molecule has 1 aliphatic heterocycles. The van der Waals surface area contributed by atoms with Gasteiger partial charge in [0.1, 0.15) is 10.6 Å². The Bertz CT molecular complexity index is 1320. The van der Waals surface area contributed by atoms with Gasteiger partial charge in [-0.1, -0.05) is 49.7 Å². The molecule has 1 saturated heterocycles. The van der Waals surface area contributed by atoms with E-state index in [0.29, 0.717) is 18.7 Å². The van der Waals surface area contributed by atoms with Gasteiger partial charge in [-0.15, -0.1) is 0 Å². The number of nitrogens with one attached hydrogen (secondary N) is 2. The number of hydrogen-bond acceptors (Lipinski definition) is 5. The summed E-state index contributed by atoms with van der Waals surface area (Å²) in [6, 6.07) is 16.4. The first-order chi connectivity index (χ1) is 17.2. The molecule has 0 unspecified atom stereocenters. The summed E-state index contributed by atoms with van der Waals surface area (Å²) in [5.74, 6) is -0.910. The van der Waals surface area contributed by atoms with Crippen molar-refractivity contribution in [2.45, 2.75) is 25.2 Å². The maximum atomic E-state index is 14.0. The Kier molecular flexibility index (Phi) is 6.99. The Balaban J connectivity index is 1.71. The number of anilines is 2. The molecule has 2 aromatic carbocycles. The van der Waals surface area contributed by atoms with Crippen LogP contribution in [0.15, 0.2) is 60.8 Å². The molecular weight excluding hydrogens is 478 g/mol. The van der Waals surface area contributed by atoms with Crippen molar-refractivity contribution in [3.63, 3.8) is 0 Å². The normalized spacial score (nSPS) is 14.2. The lowest BCUT2D eigenvalue weighted by atomic mass is 9.69. The fourth-order valence-corrected chi connectivity index (χ4v) is 4.75. The molecular formula is C27H28ClN5O3. The van der Waals surface area contributed by atoms with Crippen molar-refractivity contribution >= 4 is 40.7 Å². The van der Waals surface area contributed by atoms with E-state index >= 15 is 0 Å². The van der Waals surface area contributed by atoms with Crippen molar-refractivity contribution < 1.29 is 14.4 Å². The summed E-state index contributed by atoms with van der Waals surface area (Å²) in [6.07, 6.45) is 1.39. The third kappa shape index (κ3) is 4.64. The van der Waals surface area contributed by atoms with Crippen molar-refractivity contribution in [2.24, 2.45) is 5.73 Å². The zero-order chi connectivity index (χ0) is 26.0. The number of amides is 3. The molecule has 8 nitrogen and oxygen atoms in total. The van der Waals surface area contributed by atoms with Crippen LogP contribution in [0.5, 0.6) is 0 Å². The summed E-state index contributed by atoms with van der Waals surface area (Å²) in [5, 5.41) is 5.67. The maximum Gasteiger partial charge on any atom is 0.253 e. The van der Waals surface area contributed by atoms with Crippen molar-refractivity contribution in [2.75, 3.05) is 30.4 Å². The fraction of sp³-hybridized carbons (Fsp3) is 0.259. The molecule has 9 heteroatoms. The first-order valence-corrected chi connectivity index (χ1v) is 12.0. The second kappa shape index (κ2) is 9.99. The van der Waals surface area contributed by atoms with Gasteiger partial charge in [0.15, 0.2) is 0 Å². The Morgan fingerprint density at radius 3 is 2.36 bits per heavy atom. The highest BCUT2D eigenvalue weighted by molar-refractivity contribution is 6.30. The van der Waals surface area contributed by atoms with Gasteiger partial charge in [-0.05, 0) is 47.4 Å². The highest BCUT2D eigenvalue weighted by Gasteiger charge is 2.52. The smallest absolute Gasteiger partial charge is 0.253 e. The molecule has 3 amide bonds. The van der Waals surface area contributed by atoms with Crippen LogP contribution in [0.25, 0.3) is 0 Å². The minimum atomic E-state index is -0.872. The van der Waals surface area contributed by atoms with Crippen molar-refractivity contribution in [1.82, 2.24) is 10.3 Å². The lowest BCUT2D eigenvalue weighted by Gasteiger charge is -2.51. The first-order valence-electron chi connectivity index (χ1n) is 11.6. The van der Waals surface area contributed by atoms with E-state index in [4.69, 9.17) is 17.3 Å². The molecule has 0 radical (unpaired) electrons. The van der Waals surface area contributed by atoms with Crippen LogP contribution in [0.4, 0.5) is 11.4 Å². The number of carbonyl (C=O) groups excluding carboxylic acids is 3. The molecule has 4 rings (SSSR count). The number of primary amides is 1. The second-order valence-electron chi connectivity index (χ2n) is 9.18. The van der Waals surface area contributed by atoms with Gasteiger partial charge in [0.25, 0.3) is 5.91 Å². The molecule has 1 aliphatic rings. The summed E-state index contributed by atoms with van der Waals surface area (Å²) >= 11 is 6.01. The third-order valence-corrected chi connectivity index (χ3v) is 6.77. The average Bonchev–Trinajstić information content (AvgIpc) is 2.84. The van der Waals surface area contributed by atoms with Gasteiger partial charge in [0, 0.05) is 31.4 Å². The number of carbonyl (C=O) groups is 3. The van der Waals surface area contributed by atoms with Gasteiger partial charge < -0.3 is 21.3 Å². The molecule has 186 valence electrons. The van der Waals surface area contributed by atoms with E-state index in [0.717, 1.165) is 16.8 Å². The zero-order valence-electron chi connectivity index (χ0n) is 20.3. The van der Waals surface area contributed by atoms with Crippen LogP contribution >= 0.6 is 11.6 Å². The quantitative estimate of drug-likeness (QED) is 0.423. The van der Waals surface area contributed by atoms with E-state index in [-0.39, 0.29) is 34.1 Å². The van der Waals surface area contributed by atoms with Gasteiger partial charge >= 0.3 is 0 Å². The largest absolute Gasteiger partial charge is 0.369 e. The average molecular weight is 506 g/mol. The number of nitrogens with zero attached hydrogens (tertiary/aromatic N) is 2. The van der Waals surface area contributed by atoms with Crippen LogP contribution in [0.2, 0.25) is 5.15 Å². The van der Waals surface area contributed by atoms with Crippen LogP contribution in [-0.2, 0) is 10.2 Å². The maximum absolute atomic E-state index is 14.0. The van der Waals surface area contributed by atoms with Gasteiger partial charge in [-0.2, -0.15) is 0 Å². The molecule has 1 fully saturated rings. The van der Waals surface area contributed by atoms with Gasteiger partial charge in [-0.3, -0.25) is 14.4 Å². The van der Waals surface area contributed by atoms with Crippen LogP contribution in [-0.4, -0.2) is 42.8 Å². The fourth-order valence-electron chi connectivity index (χ4n) is 4.59.